The SMILES string of the molecule is Cc1cn(-c2ccc3c(c2)CCC3)c(NC(C)C)n1. The minimum Gasteiger partial charge on any atom is -0.353 e. The van der Waals surface area contributed by atoms with Gasteiger partial charge in [-0.25, -0.2) is 4.98 Å². The molecule has 1 aromatic heterocycles. The lowest BCUT2D eigenvalue weighted by Crippen LogP contribution is -2.14. The van der Waals surface area contributed by atoms with Crippen LogP contribution in [-0.2, 0) is 12.8 Å². The van der Waals surface area contributed by atoms with E-state index < -0.39 is 0 Å². The topological polar surface area (TPSA) is 29.9 Å². The van der Waals surface area contributed by atoms with Crippen LogP contribution in [0.2, 0.25) is 0 Å². The van der Waals surface area contributed by atoms with Gasteiger partial charge in [0.25, 0.3) is 0 Å². The molecule has 0 unspecified atom stereocenters. The van der Waals surface area contributed by atoms with Crippen molar-refractivity contribution in [3.05, 3.63) is 41.2 Å². The average molecular weight is 255 g/mol. The maximum atomic E-state index is 4.57. The molecule has 0 aliphatic heterocycles. The maximum Gasteiger partial charge on any atom is 0.207 e. The molecule has 0 fully saturated rings. The molecule has 0 saturated heterocycles. The fraction of sp³-hybridized carbons (Fsp3) is 0.438. The van der Waals surface area contributed by atoms with Crippen LogP contribution in [0.25, 0.3) is 5.69 Å². The average Bonchev–Trinajstić information content (AvgIpc) is 2.93. The summed E-state index contributed by atoms with van der Waals surface area (Å²) in [6.45, 7) is 6.31. The molecular weight excluding hydrogens is 234 g/mol. The molecule has 0 bridgehead atoms. The van der Waals surface area contributed by atoms with Crippen molar-refractivity contribution in [3.8, 4) is 5.69 Å². The monoisotopic (exact) mass is 255 g/mol. The first-order valence-corrected chi connectivity index (χ1v) is 7.08. The Hall–Kier alpha value is -1.77. The van der Waals surface area contributed by atoms with Crippen molar-refractivity contribution < 1.29 is 0 Å². The summed E-state index contributed by atoms with van der Waals surface area (Å²) in [6, 6.07) is 7.17. The van der Waals surface area contributed by atoms with E-state index in [1.807, 2.05) is 6.92 Å². The first-order chi connectivity index (χ1) is 9.13. The van der Waals surface area contributed by atoms with E-state index in [1.165, 1.54) is 36.1 Å². The molecule has 1 aliphatic rings. The molecule has 3 heteroatoms. The first-order valence-electron chi connectivity index (χ1n) is 7.08. The van der Waals surface area contributed by atoms with E-state index in [2.05, 4.69) is 53.1 Å². The van der Waals surface area contributed by atoms with Gasteiger partial charge in [0.1, 0.15) is 0 Å². The van der Waals surface area contributed by atoms with Crippen LogP contribution < -0.4 is 5.32 Å². The number of benzene rings is 1. The molecule has 0 saturated carbocycles. The summed E-state index contributed by atoms with van der Waals surface area (Å²) >= 11 is 0. The summed E-state index contributed by atoms with van der Waals surface area (Å²) in [7, 11) is 0. The number of nitrogens with one attached hydrogen (secondary N) is 1. The number of anilines is 1. The Balaban J connectivity index is 2.01. The Morgan fingerprint density at radius 2 is 2.00 bits per heavy atom. The molecule has 3 rings (SSSR count). The van der Waals surface area contributed by atoms with E-state index in [-0.39, 0.29) is 0 Å². The third-order valence-electron chi connectivity index (χ3n) is 3.60. The first kappa shape index (κ1) is 12.3. The van der Waals surface area contributed by atoms with Crippen molar-refractivity contribution in [2.24, 2.45) is 0 Å². The standard InChI is InChI=1S/C16H21N3/c1-11(2)17-16-18-12(3)10-19(16)15-8-7-13-5-4-6-14(13)9-15/h7-11H,4-6H2,1-3H3,(H,17,18). The number of rotatable bonds is 3. The lowest BCUT2D eigenvalue weighted by molar-refractivity contribution is 0.863. The second-order valence-electron chi connectivity index (χ2n) is 5.68. The van der Waals surface area contributed by atoms with Crippen molar-refractivity contribution >= 4 is 5.95 Å². The summed E-state index contributed by atoms with van der Waals surface area (Å²) in [5, 5.41) is 3.41. The van der Waals surface area contributed by atoms with Gasteiger partial charge in [-0.1, -0.05) is 6.07 Å². The van der Waals surface area contributed by atoms with Gasteiger partial charge < -0.3 is 5.32 Å². The molecule has 0 radical (unpaired) electrons. The Kier molecular flexibility index (Phi) is 3.05. The summed E-state index contributed by atoms with van der Waals surface area (Å²) in [6.07, 6.45) is 5.83. The predicted octanol–water partition coefficient (Wildman–Crippen LogP) is 3.49. The molecule has 2 aromatic rings. The predicted molar refractivity (Wildman–Crippen MR) is 79.1 cm³/mol. The van der Waals surface area contributed by atoms with Crippen LogP contribution in [-0.4, -0.2) is 15.6 Å². The third kappa shape index (κ3) is 2.37. The number of aryl methyl sites for hydroxylation is 3. The lowest BCUT2D eigenvalue weighted by atomic mass is 10.1. The van der Waals surface area contributed by atoms with Gasteiger partial charge in [0.2, 0.25) is 5.95 Å². The van der Waals surface area contributed by atoms with E-state index in [4.69, 9.17) is 0 Å². The normalized spacial score (nSPS) is 13.9. The largest absolute Gasteiger partial charge is 0.353 e. The van der Waals surface area contributed by atoms with Crippen molar-refractivity contribution in [2.75, 3.05) is 5.32 Å². The fourth-order valence-electron chi connectivity index (χ4n) is 2.76. The van der Waals surface area contributed by atoms with Crippen LogP contribution in [0.1, 0.15) is 37.1 Å². The summed E-state index contributed by atoms with van der Waals surface area (Å²) < 4.78 is 2.16. The Morgan fingerprint density at radius 3 is 2.79 bits per heavy atom. The molecule has 0 amide bonds. The van der Waals surface area contributed by atoms with Crippen molar-refractivity contribution in [3.63, 3.8) is 0 Å². The maximum absolute atomic E-state index is 4.57. The zero-order valence-electron chi connectivity index (χ0n) is 11.9. The smallest absolute Gasteiger partial charge is 0.207 e. The van der Waals surface area contributed by atoms with Gasteiger partial charge >= 0.3 is 0 Å². The van der Waals surface area contributed by atoms with Crippen molar-refractivity contribution in [1.29, 1.82) is 0 Å². The van der Waals surface area contributed by atoms with E-state index in [0.29, 0.717) is 6.04 Å². The van der Waals surface area contributed by atoms with Crippen molar-refractivity contribution in [2.45, 2.75) is 46.1 Å². The minimum atomic E-state index is 0.384. The molecule has 19 heavy (non-hydrogen) atoms. The van der Waals surface area contributed by atoms with Gasteiger partial charge in [0.15, 0.2) is 0 Å². The lowest BCUT2D eigenvalue weighted by Gasteiger charge is -2.13. The molecule has 0 atom stereocenters. The van der Waals surface area contributed by atoms with Crippen LogP contribution in [0.5, 0.6) is 0 Å². The zero-order valence-corrected chi connectivity index (χ0v) is 11.9. The molecule has 1 heterocycles. The number of imidazole rings is 1. The highest BCUT2D eigenvalue weighted by molar-refractivity contribution is 5.48. The van der Waals surface area contributed by atoms with E-state index >= 15 is 0 Å². The molecular formula is C16H21N3. The summed E-state index contributed by atoms with van der Waals surface area (Å²) in [4.78, 5) is 4.57. The second kappa shape index (κ2) is 4.72. The zero-order chi connectivity index (χ0) is 13.4. The van der Waals surface area contributed by atoms with Crippen LogP contribution in [0, 0.1) is 6.92 Å². The van der Waals surface area contributed by atoms with Gasteiger partial charge in [0, 0.05) is 17.9 Å². The van der Waals surface area contributed by atoms with Gasteiger partial charge in [-0.15, -0.1) is 0 Å². The number of nitrogens with zero attached hydrogens (tertiary/aromatic N) is 2. The summed E-state index contributed by atoms with van der Waals surface area (Å²) in [5.74, 6) is 0.936. The number of fused-ring (bicyclic) bond motifs is 1. The Labute approximate surface area is 114 Å². The molecule has 100 valence electrons. The fourth-order valence-corrected chi connectivity index (χ4v) is 2.76. The van der Waals surface area contributed by atoms with E-state index in [0.717, 1.165) is 11.6 Å². The highest BCUT2D eigenvalue weighted by Gasteiger charge is 2.13. The molecule has 1 N–H and O–H groups in total. The molecule has 0 spiro atoms. The Morgan fingerprint density at radius 1 is 1.21 bits per heavy atom. The van der Waals surface area contributed by atoms with Crippen LogP contribution in [0.3, 0.4) is 0 Å². The number of hydrogen-bond acceptors (Lipinski definition) is 2. The number of aromatic nitrogens is 2. The molecule has 1 aromatic carbocycles. The van der Waals surface area contributed by atoms with Gasteiger partial charge in [0.05, 0.1) is 5.69 Å². The van der Waals surface area contributed by atoms with Crippen molar-refractivity contribution in [1.82, 2.24) is 9.55 Å². The van der Waals surface area contributed by atoms with E-state index in [9.17, 15) is 0 Å². The highest BCUT2D eigenvalue weighted by Crippen LogP contribution is 2.26. The quantitative estimate of drug-likeness (QED) is 0.910. The molecule has 3 nitrogen and oxygen atoms in total. The molecule has 1 aliphatic carbocycles. The summed E-state index contributed by atoms with van der Waals surface area (Å²) in [5.41, 5.74) is 5.27. The van der Waals surface area contributed by atoms with Gasteiger partial charge in [-0.2, -0.15) is 0 Å². The van der Waals surface area contributed by atoms with Gasteiger partial charge in [-0.05, 0) is 63.3 Å². The number of hydrogen-bond donors (Lipinski definition) is 1. The van der Waals surface area contributed by atoms with E-state index in [1.54, 1.807) is 0 Å². The third-order valence-corrected chi connectivity index (χ3v) is 3.60. The highest BCUT2D eigenvalue weighted by atomic mass is 15.2. The van der Waals surface area contributed by atoms with Crippen LogP contribution in [0.15, 0.2) is 24.4 Å². The van der Waals surface area contributed by atoms with Gasteiger partial charge in [-0.3, -0.25) is 4.57 Å². The Bertz CT molecular complexity index is 596. The second-order valence-corrected chi connectivity index (χ2v) is 5.68. The van der Waals surface area contributed by atoms with Crippen LogP contribution >= 0.6 is 0 Å². The van der Waals surface area contributed by atoms with Crippen LogP contribution in [0.4, 0.5) is 5.95 Å². The minimum absolute atomic E-state index is 0.384.